The predicted molar refractivity (Wildman–Crippen MR) is 131 cm³/mol. The Bertz CT molecular complexity index is 1280. The van der Waals surface area contributed by atoms with Gasteiger partial charge in [0.05, 0.1) is 23.8 Å². The van der Waals surface area contributed by atoms with Crippen molar-refractivity contribution in [2.45, 2.75) is 0 Å². The number of aromatic nitrogens is 3. The summed E-state index contributed by atoms with van der Waals surface area (Å²) < 4.78 is 18.5. The smallest absolute Gasteiger partial charge is 0.163 e. The fourth-order valence-corrected chi connectivity index (χ4v) is 3.49. The van der Waals surface area contributed by atoms with E-state index in [9.17, 15) is 9.18 Å². The molecule has 0 bridgehead atoms. The topological polar surface area (TPSA) is 80.2 Å². The first-order valence-electron chi connectivity index (χ1n) is 10.7. The lowest BCUT2D eigenvalue weighted by Gasteiger charge is -2.21. The van der Waals surface area contributed by atoms with E-state index in [2.05, 4.69) is 32.2 Å². The molecule has 2 aromatic carbocycles. The fraction of sp³-hybridized carbons (Fsp3) is 0.200. The number of aldehydes is 1. The lowest BCUT2D eigenvalue weighted by atomic mass is 10.1. The number of nitrogens with one attached hydrogen (secondary N) is 1. The van der Waals surface area contributed by atoms with Crippen LogP contribution in [0.25, 0.3) is 22.3 Å². The highest BCUT2D eigenvalue weighted by molar-refractivity contribution is 6.31. The molecule has 1 saturated heterocycles. The van der Waals surface area contributed by atoms with Crippen molar-refractivity contribution in [3.05, 3.63) is 77.3 Å². The van der Waals surface area contributed by atoms with Crippen LogP contribution in [0.1, 0.15) is 10.4 Å². The van der Waals surface area contributed by atoms with E-state index >= 15 is 0 Å². The zero-order valence-corrected chi connectivity index (χ0v) is 19.3. The van der Waals surface area contributed by atoms with Crippen LogP contribution in [0, 0.1) is 5.82 Å². The fourth-order valence-electron chi connectivity index (χ4n) is 3.30. The summed E-state index contributed by atoms with van der Waals surface area (Å²) in [4.78, 5) is 26.6. The highest BCUT2D eigenvalue weighted by atomic mass is 35.5. The Balaban J connectivity index is 0.000000336. The molecule has 1 N–H and O–H groups in total. The number of benzene rings is 2. The molecular weight excluding hydrogens is 457 g/mol. The first-order chi connectivity index (χ1) is 16.5. The van der Waals surface area contributed by atoms with E-state index < -0.39 is 5.82 Å². The Hall–Kier alpha value is -3.46. The quantitative estimate of drug-likeness (QED) is 0.413. The Labute approximate surface area is 201 Å². The Kier molecular flexibility index (Phi) is 7.74. The van der Waals surface area contributed by atoms with Crippen LogP contribution in [0.2, 0.25) is 5.02 Å². The predicted octanol–water partition coefficient (Wildman–Crippen LogP) is 4.99. The molecule has 1 aliphatic heterocycles. The molecule has 4 aromatic rings. The highest BCUT2D eigenvalue weighted by Crippen LogP contribution is 2.29. The molecule has 0 atom stereocenters. The molecule has 0 spiro atoms. The van der Waals surface area contributed by atoms with Gasteiger partial charge >= 0.3 is 0 Å². The van der Waals surface area contributed by atoms with E-state index in [-0.39, 0.29) is 5.02 Å². The second kappa shape index (κ2) is 11.1. The molecule has 3 heterocycles. The third-order valence-corrected chi connectivity index (χ3v) is 5.48. The summed E-state index contributed by atoms with van der Waals surface area (Å²) in [7, 11) is 2.11. The van der Waals surface area contributed by atoms with Gasteiger partial charge in [0.1, 0.15) is 17.9 Å². The van der Waals surface area contributed by atoms with Crippen LogP contribution in [0.15, 0.2) is 60.9 Å². The first kappa shape index (κ1) is 23.7. The van der Waals surface area contributed by atoms with Crippen molar-refractivity contribution in [1.29, 1.82) is 0 Å². The van der Waals surface area contributed by atoms with Crippen LogP contribution in [0.5, 0.6) is 0 Å². The van der Waals surface area contributed by atoms with E-state index in [1.54, 1.807) is 42.7 Å². The molecule has 34 heavy (non-hydrogen) atoms. The number of hydrogen-bond donors (Lipinski definition) is 1. The SMILES string of the molecule is CN1CCOCC1.O=Cc1ccc2c(Nc3ccc(F)c(Cl)c3)nc(-c3cccnc3)nc2c1. The lowest BCUT2D eigenvalue weighted by Crippen LogP contribution is -2.32. The average molecular weight is 480 g/mol. The molecule has 0 amide bonds. The molecule has 0 unspecified atom stereocenters. The second-order valence-corrected chi connectivity index (χ2v) is 8.11. The standard InChI is InChI=1S/C20H12ClFN4O.C5H11NO/c21-16-9-14(4-6-17(16)22)24-20-15-5-3-12(11-27)8-18(15)25-19(26-20)13-2-1-7-23-10-13;1-6-2-4-7-5-3-6/h1-11H,(H,24,25,26);2-5H2,1H3. The number of fused-ring (bicyclic) bond motifs is 1. The number of rotatable bonds is 4. The molecule has 1 aliphatic rings. The minimum atomic E-state index is -0.499. The van der Waals surface area contributed by atoms with Crippen molar-refractivity contribution in [2.24, 2.45) is 0 Å². The Morgan fingerprint density at radius 2 is 1.94 bits per heavy atom. The number of likely N-dealkylation sites (N-methyl/N-ethyl adjacent to an activating group) is 1. The van der Waals surface area contributed by atoms with Gasteiger partial charge < -0.3 is 15.0 Å². The summed E-state index contributed by atoms with van der Waals surface area (Å²) in [5, 5.41) is 3.88. The molecule has 174 valence electrons. The van der Waals surface area contributed by atoms with Gasteiger partial charge in [-0.05, 0) is 49.5 Å². The molecule has 0 saturated carbocycles. The van der Waals surface area contributed by atoms with E-state index in [0.29, 0.717) is 33.8 Å². The molecule has 0 aliphatic carbocycles. The second-order valence-electron chi connectivity index (χ2n) is 7.70. The summed E-state index contributed by atoms with van der Waals surface area (Å²) >= 11 is 5.87. The van der Waals surface area contributed by atoms with Crippen LogP contribution >= 0.6 is 11.6 Å². The minimum Gasteiger partial charge on any atom is -0.379 e. The van der Waals surface area contributed by atoms with Crippen LogP contribution in [-0.4, -0.2) is 59.5 Å². The Morgan fingerprint density at radius 3 is 2.59 bits per heavy atom. The number of ether oxygens (including phenoxy) is 1. The van der Waals surface area contributed by atoms with E-state index in [1.807, 2.05) is 6.07 Å². The summed E-state index contributed by atoms with van der Waals surface area (Å²) in [5.41, 5.74) is 2.42. The van der Waals surface area contributed by atoms with Gasteiger partial charge in [-0.25, -0.2) is 14.4 Å². The van der Waals surface area contributed by atoms with E-state index in [4.69, 9.17) is 16.3 Å². The van der Waals surface area contributed by atoms with Gasteiger partial charge in [-0.3, -0.25) is 9.78 Å². The van der Waals surface area contributed by atoms with Crippen molar-refractivity contribution >= 4 is 40.3 Å². The molecule has 2 aromatic heterocycles. The molecular formula is C25H23ClFN5O2. The lowest BCUT2D eigenvalue weighted by molar-refractivity contribution is 0.0503. The summed E-state index contributed by atoms with van der Waals surface area (Å²) in [6.07, 6.45) is 4.08. The molecule has 0 radical (unpaired) electrons. The maximum Gasteiger partial charge on any atom is 0.163 e. The molecule has 7 nitrogen and oxygen atoms in total. The molecule has 1 fully saturated rings. The van der Waals surface area contributed by atoms with Gasteiger partial charge in [0.2, 0.25) is 0 Å². The van der Waals surface area contributed by atoms with Crippen LogP contribution < -0.4 is 5.32 Å². The van der Waals surface area contributed by atoms with Gasteiger partial charge in [0.15, 0.2) is 5.82 Å². The number of nitrogens with zero attached hydrogens (tertiary/aromatic N) is 4. The third kappa shape index (κ3) is 5.91. The molecule has 9 heteroatoms. The van der Waals surface area contributed by atoms with Crippen molar-refractivity contribution < 1.29 is 13.9 Å². The number of pyridine rings is 1. The van der Waals surface area contributed by atoms with E-state index in [0.717, 1.165) is 38.2 Å². The third-order valence-electron chi connectivity index (χ3n) is 5.19. The number of morpholine rings is 1. The minimum absolute atomic E-state index is 0.00841. The Morgan fingerprint density at radius 1 is 1.12 bits per heavy atom. The monoisotopic (exact) mass is 479 g/mol. The van der Waals surface area contributed by atoms with Crippen molar-refractivity contribution in [2.75, 3.05) is 38.7 Å². The van der Waals surface area contributed by atoms with Gasteiger partial charge in [-0.1, -0.05) is 17.7 Å². The zero-order valence-electron chi connectivity index (χ0n) is 18.5. The first-order valence-corrected chi connectivity index (χ1v) is 11.1. The maximum absolute atomic E-state index is 13.4. The van der Waals surface area contributed by atoms with Gasteiger partial charge in [0.25, 0.3) is 0 Å². The number of anilines is 2. The summed E-state index contributed by atoms with van der Waals surface area (Å²) in [6.45, 7) is 4.02. The van der Waals surface area contributed by atoms with Crippen LogP contribution in [0.4, 0.5) is 15.9 Å². The number of hydrogen-bond acceptors (Lipinski definition) is 7. The number of halogens is 2. The number of carbonyl (C=O) groups excluding carboxylic acids is 1. The van der Waals surface area contributed by atoms with Crippen LogP contribution in [-0.2, 0) is 4.74 Å². The normalized spacial score (nSPS) is 13.7. The largest absolute Gasteiger partial charge is 0.379 e. The number of carbonyl (C=O) groups is 1. The van der Waals surface area contributed by atoms with Crippen molar-refractivity contribution in [3.63, 3.8) is 0 Å². The van der Waals surface area contributed by atoms with Gasteiger partial charge in [-0.2, -0.15) is 0 Å². The van der Waals surface area contributed by atoms with Crippen molar-refractivity contribution in [3.8, 4) is 11.4 Å². The highest BCUT2D eigenvalue weighted by Gasteiger charge is 2.12. The van der Waals surface area contributed by atoms with Crippen molar-refractivity contribution in [1.82, 2.24) is 19.9 Å². The average Bonchev–Trinajstić information content (AvgIpc) is 2.87. The summed E-state index contributed by atoms with van der Waals surface area (Å²) in [5.74, 6) is 0.467. The van der Waals surface area contributed by atoms with Gasteiger partial charge in [-0.15, -0.1) is 0 Å². The summed E-state index contributed by atoms with van der Waals surface area (Å²) in [6, 6.07) is 13.1. The van der Waals surface area contributed by atoms with Crippen LogP contribution in [0.3, 0.4) is 0 Å². The zero-order chi connectivity index (χ0) is 23.9. The van der Waals surface area contributed by atoms with Gasteiger partial charge in [0, 0.05) is 47.7 Å². The molecule has 5 rings (SSSR count). The maximum atomic E-state index is 13.4. The van der Waals surface area contributed by atoms with E-state index in [1.165, 1.54) is 12.1 Å².